The minimum atomic E-state index is -1.07. The van der Waals surface area contributed by atoms with E-state index in [9.17, 15) is 9.59 Å². The SMILES string of the molecule is Cc1cccc(OCc2ccc(C(=O)O[C@@H](C(=O)c3ccc(Cl)cc3)c3ccccc3)cc2)c1. The Morgan fingerprint density at radius 2 is 1.47 bits per heavy atom. The zero-order chi connectivity index (χ0) is 23.9. The highest BCUT2D eigenvalue weighted by molar-refractivity contribution is 6.30. The molecule has 170 valence electrons. The number of carbonyl (C=O) groups is 2. The van der Waals surface area contributed by atoms with Crippen LogP contribution in [0.1, 0.15) is 43.5 Å². The van der Waals surface area contributed by atoms with E-state index in [0.29, 0.717) is 28.3 Å². The lowest BCUT2D eigenvalue weighted by Crippen LogP contribution is -2.20. The molecule has 0 unspecified atom stereocenters. The molecule has 0 amide bonds. The number of hydrogen-bond acceptors (Lipinski definition) is 4. The summed E-state index contributed by atoms with van der Waals surface area (Å²) in [6.07, 6.45) is -1.07. The Morgan fingerprint density at radius 1 is 0.794 bits per heavy atom. The predicted molar refractivity (Wildman–Crippen MR) is 132 cm³/mol. The van der Waals surface area contributed by atoms with Crippen molar-refractivity contribution in [2.45, 2.75) is 19.6 Å². The van der Waals surface area contributed by atoms with Crippen LogP contribution in [0.5, 0.6) is 5.75 Å². The summed E-state index contributed by atoms with van der Waals surface area (Å²) in [6, 6.07) is 30.3. The molecule has 4 aromatic rings. The van der Waals surface area contributed by atoms with Gasteiger partial charge in [-0.05, 0) is 66.6 Å². The average molecular weight is 471 g/mol. The lowest BCUT2D eigenvalue weighted by molar-refractivity contribution is 0.0280. The second-order valence-corrected chi connectivity index (χ2v) is 8.31. The first-order valence-corrected chi connectivity index (χ1v) is 11.2. The third kappa shape index (κ3) is 5.91. The monoisotopic (exact) mass is 470 g/mol. The third-order valence-electron chi connectivity index (χ3n) is 5.28. The Kier molecular flexibility index (Phi) is 7.41. The zero-order valence-electron chi connectivity index (χ0n) is 18.6. The first-order chi connectivity index (χ1) is 16.5. The lowest BCUT2D eigenvalue weighted by Gasteiger charge is -2.18. The van der Waals surface area contributed by atoms with Gasteiger partial charge >= 0.3 is 5.97 Å². The number of ether oxygens (including phenoxy) is 2. The molecule has 0 aliphatic carbocycles. The maximum atomic E-state index is 13.2. The fourth-order valence-electron chi connectivity index (χ4n) is 3.45. The first kappa shape index (κ1) is 23.3. The maximum Gasteiger partial charge on any atom is 0.339 e. The summed E-state index contributed by atoms with van der Waals surface area (Å²) in [4.78, 5) is 26.1. The molecule has 0 radical (unpaired) electrons. The number of aryl methyl sites for hydroxylation is 1. The van der Waals surface area contributed by atoms with Crippen LogP contribution in [0.15, 0.2) is 103 Å². The third-order valence-corrected chi connectivity index (χ3v) is 5.53. The van der Waals surface area contributed by atoms with Crippen LogP contribution in [0.3, 0.4) is 0 Å². The number of carbonyl (C=O) groups excluding carboxylic acids is 2. The largest absolute Gasteiger partial charge is 0.489 e. The highest BCUT2D eigenvalue weighted by atomic mass is 35.5. The van der Waals surface area contributed by atoms with E-state index in [0.717, 1.165) is 16.9 Å². The molecule has 0 bridgehead atoms. The summed E-state index contributed by atoms with van der Waals surface area (Å²) < 4.78 is 11.5. The van der Waals surface area contributed by atoms with Crippen molar-refractivity contribution in [1.82, 2.24) is 0 Å². The van der Waals surface area contributed by atoms with Crippen LogP contribution in [-0.4, -0.2) is 11.8 Å². The van der Waals surface area contributed by atoms with E-state index in [1.807, 2.05) is 49.4 Å². The van der Waals surface area contributed by atoms with Gasteiger partial charge < -0.3 is 9.47 Å². The van der Waals surface area contributed by atoms with Crippen molar-refractivity contribution in [2.24, 2.45) is 0 Å². The molecule has 0 heterocycles. The Bertz CT molecular complexity index is 1270. The average Bonchev–Trinajstić information content (AvgIpc) is 2.87. The lowest BCUT2D eigenvalue weighted by atomic mass is 9.99. The molecule has 0 saturated heterocycles. The maximum absolute atomic E-state index is 13.2. The van der Waals surface area contributed by atoms with Crippen molar-refractivity contribution in [3.8, 4) is 5.75 Å². The highest BCUT2D eigenvalue weighted by Crippen LogP contribution is 2.25. The summed E-state index contributed by atoms with van der Waals surface area (Å²) in [7, 11) is 0. The van der Waals surface area contributed by atoms with Crippen LogP contribution in [0.4, 0.5) is 0 Å². The highest BCUT2D eigenvalue weighted by Gasteiger charge is 2.26. The molecule has 0 fully saturated rings. The Balaban J connectivity index is 1.47. The molecule has 4 rings (SSSR count). The fourth-order valence-corrected chi connectivity index (χ4v) is 3.58. The smallest absolute Gasteiger partial charge is 0.339 e. The van der Waals surface area contributed by atoms with Gasteiger partial charge in [0.15, 0.2) is 6.10 Å². The quantitative estimate of drug-likeness (QED) is 0.205. The number of Topliss-reactive ketones (excluding diaryl/α,β-unsaturated/α-hetero) is 1. The van der Waals surface area contributed by atoms with E-state index in [1.54, 1.807) is 60.7 Å². The standard InChI is InChI=1S/C29H23ClO4/c1-20-6-5-9-26(18-20)33-19-21-10-12-24(13-11-21)29(32)34-28(23-7-3-2-4-8-23)27(31)22-14-16-25(30)17-15-22/h2-18,28H,19H2,1H3/t28-/m1/s1. The van der Waals surface area contributed by atoms with E-state index in [1.165, 1.54) is 0 Å². The molecule has 4 nitrogen and oxygen atoms in total. The minimum Gasteiger partial charge on any atom is -0.489 e. The Hall–Kier alpha value is -3.89. The number of hydrogen-bond donors (Lipinski definition) is 0. The van der Waals surface area contributed by atoms with Crippen molar-refractivity contribution in [3.05, 3.63) is 136 Å². The molecule has 0 spiro atoms. The molecule has 34 heavy (non-hydrogen) atoms. The number of benzene rings is 4. The number of rotatable bonds is 8. The van der Waals surface area contributed by atoms with Crippen LogP contribution >= 0.6 is 11.6 Å². The van der Waals surface area contributed by atoms with Crippen molar-refractivity contribution < 1.29 is 19.1 Å². The van der Waals surface area contributed by atoms with E-state index in [-0.39, 0.29) is 5.78 Å². The van der Waals surface area contributed by atoms with Crippen LogP contribution in [0.2, 0.25) is 5.02 Å². The summed E-state index contributed by atoms with van der Waals surface area (Å²) in [6.45, 7) is 2.38. The molecule has 0 aliphatic rings. The normalized spacial score (nSPS) is 11.5. The van der Waals surface area contributed by atoms with E-state index in [2.05, 4.69) is 0 Å². The Labute approximate surface area is 203 Å². The van der Waals surface area contributed by atoms with Crippen LogP contribution < -0.4 is 4.74 Å². The molecule has 0 aromatic heterocycles. The van der Waals surface area contributed by atoms with Gasteiger partial charge in [0, 0.05) is 16.1 Å². The minimum absolute atomic E-state index is 0.320. The van der Waals surface area contributed by atoms with Gasteiger partial charge in [-0.15, -0.1) is 0 Å². The summed E-state index contributed by atoms with van der Waals surface area (Å²) in [5.74, 6) is -0.114. The zero-order valence-corrected chi connectivity index (χ0v) is 19.4. The molecule has 0 N–H and O–H groups in total. The number of esters is 1. The first-order valence-electron chi connectivity index (χ1n) is 10.8. The topological polar surface area (TPSA) is 52.6 Å². The van der Waals surface area contributed by atoms with Gasteiger partial charge in [-0.2, -0.15) is 0 Å². The van der Waals surface area contributed by atoms with Crippen LogP contribution in [0, 0.1) is 6.92 Å². The van der Waals surface area contributed by atoms with Crippen LogP contribution in [0.25, 0.3) is 0 Å². The number of halogens is 1. The van der Waals surface area contributed by atoms with E-state index in [4.69, 9.17) is 21.1 Å². The van der Waals surface area contributed by atoms with E-state index >= 15 is 0 Å². The molecule has 4 aromatic carbocycles. The Morgan fingerprint density at radius 3 is 2.15 bits per heavy atom. The molecular formula is C29H23ClO4. The van der Waals surface area contributed by atoms with Gasteiger partial charge in [-0.1, -0.05) is 66.2 Å². The number of ketones is 1. The fraction of sp³-hybridized carbons (Fsp3) is 0.103. The molecular weight excluding hydrogens is 448 g/mol. The van der Waals surface area contributed by atoms with E-state index < -0.39 is 12.1 Å². The van der Waals surface area contributed by atoms with Gasteiger partial charge in [0.1, 0.15) is 12.4 Å². The molecule has 1 atom stereocenters. The van der Waals surface area contributed by atoms with Crippen molar-refractivity contribution in [2.75, 3.05) is 0 Å². The van der Waals surface area contributed by atoms with Gasteiger partial charge in [0.2, 0.25) is 5.78 Å². The molecule has 0 saturated carbocycles. The van der Waals surface area contributed by atoms with Gasteiger partial charge in [0.05, 0.1) is 5.56 Å². The predicted octanol–water partition coefficient (Wildman–Crippen LogP) is 7.01. The second-order valence-electron chi connectivity index (χ2n) is 7.87. The van der Waals surface area contributed by atoms with Gasteiger partial charge in [0.25, 0.3) is 0 Å². The van der Waals surface area contributed by atoms with Crippen molar-refractivity contribution >= 4 is 23.4 Å². The van der Waals surface area contributed by atoms with Gasteiger partial charge in [-0.25, -0.2) is 4.79 Å². The van der Waals surface area contributed by atoms with Gasteiger partial charge in [-0.3, -0.25) is 4.79 Å². The summed E-state index contributed by atoms with van der Waals surface area (Å²) >= 11 is 5.95. The van der Waals surface area contributed by atoms with Crippen LogP contribution in [-0.2, 0) is 11.3 Å². The van der Waals surface area contributed by atoms with Crippen molar-refractivity contribution in [1.29, 1.82) is 0 Å². The molecule has 5 heteroatoms. The summed E-state index contributed by atoms with van der Waals surface area (Å²) in [5, 5.41) is 0.524. The van der Waals surface area contributed by atoms with Crippen molar-refractivity contribution in [3.63, 3.8) is 0 Å². The molecule has 0 aliphatic heterocycles. The summed E-state index contributed by atoms with van der Waals surface area (Å²) in [5.41, 5.74) is 3.39. The second kappa shape index (κ2) is 10.8.